The zero-order valence-electron chi connectivity index (χ0n) is 15.0. The van der Waals surface area contributed by atoms with Gasteiger partial charge in [0.05, 0.1) is 11.3 Å². The first-order valence-corrected chi connectivity index (χ1v) is 8.96. The predicted octanol–water partition coefficient (Wildman–Crippen LogP) is 3.18. The van der Waals surface area contributed by atoms with Crippen LogP contribution in [0.15, 0.2) is 48.5 Å². The summed E-state index contributed by atoms with van der Waals surface area (Å²) < 4.78 is 5.18. The van der Waals surface area contributed by atoms with Crippen molar-refractivity contribution in [3.8, 4) is 0 Å². The van der Waals surface area contributed by atoms with E-state index in [1.54, 1.807) is 24.3 Å². The molecule has 0 spiro atoms. The molecule has 28 heavy (non-hydrogen) atoms. The standard InChI is InChI=1S/C20H17ClN2O5/c1-12(19(26)22-15-4-2-3-14(21)11-15)28-20(27)13-5-7-16(8-6-13)23-17(24)9-10-18(23)25/h2-8,11-12H,9-10H2,1H3,(H,22,26)/t12-/m0/s1. The number of rotatable bonds is 5. The number of anilines is 2. The van der Waals surface area contributed by atoms with E-state index < -0.39 is 18.0 Å². The third-order valence-corrected chi connectivity index (χ3v) is 4.39. The number of amides is 3. The van der Waals surface area contributed by atoms with Gasteiger partial charge in [-0.15, -0.1) is 0 Å². The van der Waals surface area contributed by atoms with Crippen molar-refractivity contribution in [1.29, 1.82) is 0 Å². The van der Waals surface area contributed by atoms with Gasteiger partial charge < -0.3 is 10.1 Å². The van der Waals surface area contributed by atoms with Gasteiger partial charge in [0.15, 0.2) is 6.10 Å². The Labute approximate surface area is 166 Å². The summed E-state index contributed by atoms with van der Waals surface area (Å²) in [5.41, 5.74) is 1.09. The highest BCUT2D eigenvalue weighted by Gasteiger charge is 2.30. The number of benzene rings is 2. The van der Waals surface area contributed by atoms with Gasteiger partial charge in [-0.25, -0.2) is 4.79 Å². The maximum atomic E-state index is 12.3. The van der Waals surface area contributed by atoms with Crippen LogP contribution < -0.4 is 10.2 Å². The van der Waals surface area contributed by atoms with Gasteiger partial charge in [-0.3, -0.25) is 19.3 Å². The number of esters is 1. The Morgan fingerprint density at radius 3 is 2.32 bits per heavy atom. The summed E-state index contributed by atoms with van der Waals surface area (Å²) >= 11 is 5.87. The van der Waals surface area contributed by atoms with E-state index in [0.29, 0.717) is 16.4 Å². The second-order valence-electron chi connectivity index (χ2n) is 6.22. The molecule has 1 saturated heterocycles. The van der Waals surface area contributed by atoms with Crippen molar-refractivity contribution in [1.82, 2.24) is 0 Å². The molecule has 1 heterocycles. The topological polar surface area (TPSA) is 92.8 Å². The molecule has 1 aliphatic heterocycles. The van der Waals surface area contributed by atoms with Gasteiger partial charge in [-0.2, -0.15) is 0 Å². The van der Waals surface area contributed by atoms with Crippen molar-refractivity contribution >= 4 is 46.7 Å². The van der Waals surface area contributed by atoms with Crippen LogP contribution in [0.2, 0.25) is 5.02 Å². The Morgan fingerprint density at radius 1 is 1.07 bits per heavy atom. The Morgan fingerprint density at radius 2 is 1.71 bits per heavy atom. The van der Waals surface area contributed by atoms with Crippen LogP contribution >= 0.6 is 11.6 Å². The minimum atomic E-state index is -1.03. The molecule has 0 saturated carbocycles. The van der Waals surface area contributed by atoms with Crippen molar-refractivity contribution < 1.29 is 23.9 Å². The molecule has 7 nitrogen and oxygen atoms in total. The fraction of sp³-hybridized carbons (Fsp3) is 0.200. The smallest absolute Gasteiger partial charge is 0.338 e. The molecular weight excluding hydrogens is 384 g/mol. The molecule has 1 atom stereocenters. The van der Waals surface area contributed by atoms with Crippen LogP contribution in [0.3, 0.4) is 0 Å². The van der Waals surface area contributed by atoms with Gasteiger partial charge in [0.1, 0.15) is 0 Å². The molecule has 1 fully saturated rings. The Bertz CT molecular complexity index is 926. The number of hydrogen-bond donors (Lipinski definition) is 1. The van der Waals surface area contributed by atoms with Crippen molar-refractivity contribution in [2.24, 2.45) is 0 Å². The Kier molecular flexibility index (Phi) is 5.75. The number of imide groups is 1. The molecule has 0 bridgehead atoms. The molecule has 1 aliphatic rings. The maximum Gasteiger partial charge on any atom is 0.338 e. The SMILES string of the molecule is C[C@H](OC(=O)c1ccc(N2C(=O)CCC2=O)cc1)C(=O)Nc1cccc(Cl)c1. The summed E-state index contributed by atoms with van der Waals surface area (Å²) in [6.45, 7) is 1.45. The molecule has 0 aromatic heterocycles. The molecule has 2 aromatic carbocycles. The summed E-state index contributed by atoms with van der Waals surface area (Å²) in [7, 11) is 0. The van der Waals surface area contributed by atoms with Gasteiger partial charge in [0, 0.05) is 23.6 Å². The average Bonchev–Trinajstić information content (AvgIpc) is 3.00. The zero-order chi connectivity index (χ0) is 20.3. The summed E-state index contributed by atoms with van der Waals surface area (Å²) in [6, 6.07) is 12.5. The Hall–Kier alpha value is -3.19. The van der Waals surface area contributed by atoms with Crippen LogP contribution in [0.4, 0.5) is 11.4 Å². The third kappa shape index (κ3) is 4.37. The van der Waals surface area contributed by atoms with E-state index in [1.807, 2.05) is 0 Å². The predicted molar refractivity (Wildman–Crippen MR) is 103 cm³/mol. The van der Waals surface area contributed by atoms with E-state index in [4.69, 9.17) is 16.3 Å². The average molecular weight is 401 g/mol. The summed E-state index contributed by atoms with van der Waals surface area (Å²) in [6.07, 6.45) is -0.670. The molecule has 0 radical (unpaired) electrons. The van der Waals surface area contributed by atoms with Crippen molar-refractivity contribution in [2.75, 3.05) is 10.2 Å². The van der Waals surface area contributed by atoms with Crippen LogP contribution in [0.5, 0.6) is 0 Å². The Balaban J connectivity index is 1.61. The molecule has 0 aliphatic carbocycles. The zero-order valence-corrected chi connectivity index (χ0v) is 15.7. The first-order chi connectivity index (χ1) is 13.3. The van der Waals surface area contributed by atoms with Crippen LogP contribution in [0, 0.1) is 0 Å². The van der Waals surface area contributed by atoms with E-state index >= 15 is 0 Å². The van der Waals surface area contributed by atoms with Gasteiger partial charge >= 0.3 is 5.97 Å². The van der Waals surface area contributed by atoms with E-state index in [2.05, 4.69) is 5.32 Å². The number of carbonyl (C=O) groups excluding carboxylic acids is 4. The molecule has 0 unspecified atom stereocenters. The monoisotopic (exact) mass is 400 g/mol. The highest BCUT2D eigenvalue weighted by atomic mass is 35.5. The van der Waals surface area contributed by atoms with Crippen LogP contribution in [0.25, 0.3) is 0 Å². The molecular formula is C20H17ClN2O5. The molecule has 2 aromatic rings. The van der Waals surface area contributed by atoms with E-state index in [1.165, 1.54) is 31.2 Å². The number of ether oxygens (including phenoxy) is 1. The highest BCUT2D eigenvalue weighted by molar-refractivity contribution is 6.30. The van der Waals surface area contributed by atoms with Crippen LogP contribution in [0.1, 0.15) is 30.1 Å². The van der Waals surface area contributed by atoms with E-state index in [9.17, 15) is 19.2 Å². The minimum absolute atomic E-state index is 0.182. The largest absolute Gasteiger partial charge is 0.449 e. The summed E-state index contributed by atoms with van der Waals surface area (Å²) in [5.74, 6) is -1.74. The van der Waals surface area contributed by atoms with E-state index in [-0.39, 0.29) is 30.2 Å². The second-order valence-corrected chi connectivity index (χ2v) is 6.65. The lowest BCUT2D eigenvalue weighted by Gasteiger charge is -2.15. The third-order valence-electron chi connectivity index (χ3n) is 4.16. The molecule has 144 valence electrons. The lowest BCUT2D eigenvalue weighted by atomic mass is 10.2. The van der Waals surface area contributed by atoms with Gasteiger partial charge in [-0.1, -0.05) is 17.7 Å². The second kappa shape index (κ2) is 8.22. The maximum absolute atomic E-state index is 12.3. The van der Waals surface area contributed by atoms with Crippen molar-refractivity contribution in [2.45, 2.75) is 25.9 Å². The fourth-order valence-corrected chi connectivity index (χ4v) is 2.89. The van der Waals surface area contributed by atoms with Gasteiger partial charge in [0.2, 0.25) is 11.8 Å². The first-order valence-electron chi connectivity index (χ1n) is 8.58. The number of nitrogens with one attached hydrogen (secondary N) is 1. The van der Waals surface area contributed by atoms with Crippen molar-refractivity contribution in [3.63, 3.8) is 0 Å². The minimum Gasteiger partial charge on any atom is -0.449 e. The number of nitrogens with zero attached hydrogens (tertiary/aromatic N) is 1. The molecule has 3 amide bonds. The lowest BCUT2D eigenvalue weighted by molar-refractivity contribution is -0.124. The fourth-order valence-electron chi connectivity index (χ4n) is 2.70. The van der Waals surface area contributed by atoms with Gasteiger partial charge in [0.25, 0.3) is 5.91 Å². The molecule has 1 N–H and O–H groups in total. The molecule has 3 rings (SSSR count). The summed E-state index contributed by atoms with van der Waals surface area (Å²) in [4.78, 5) is 49.0. The number of hydrogen-bond acceptors (Lipinski definition) is 5. The number of carbonyl (C=O) groups is 4. The summed E-state index contributed by atoms with van der Waals surface area (Å²) in [5, 5.41) is 3.08. The number of halogens is 1. The van der Waals surface area contributed by atoms with Gasteiger partial charge in [-0.05, 0) is 49.4 Å². The van der Waals surface area contributed by atoms with E-state index in [0.717, 1.165) is 4.90 Å². The lowest BCUT2D eigenvalue weighted by Crippen LogP contribution is -2.30. The highest BCUT2D eigenvalue weighted by Crippen LogP contribution is 2.23. The first kappa shape index (κ1) is 19.6. The van der Waals surface area contributed by atoms with Crippen LogP contribution in [-0.2, 0) is 19.1 Å². The van der Waals surface area contributed by atoms with Crippen LogP contribution in [-0.4, -0.2) is 29.8 Å². The molecule has 8 heteroatoms. The van der Waals surface area contributed by atoms with Crippen molar-refractivity contribution in [3.05, 3.63) is 59.1 Å². The quantitative estimate of drug-likeness (QED) is 0.614. The normalized spacial score (nSPS) is 14.7.